The first-order chi connectivity index (χ1) is 8.04. The molecule has 3 nitrogen and oxygen atoms in total. The molecule has 0 atom stereocenters. The van der Waals surface area contributed by atoms with Crippen LogP contribution < -0.4 is 4.74 Å². The van der Waals surface area contributed by atoms with Crippen LogP contribution in [-0.2, 0) is 0 Å². The van der Waals surface area contributed by atoms with Crippen molar-refractivity contribution in [2.45, 2.75) is 39.5 Å². The lowest BCUT2D eigenvalue weighted by atomic mass is 10.1. The molecule has 0 aliphatic heterocycles. The van der Waals surface area contributed by atoms with Gasteiger partial charge in [-0.05, 0) is 12.0 Å². The van der Waals surface area contributed by atoms with Gasteiger partial charge in [-0.15, -0.1) is 0 Å². The number of nitrogens with zero attached hydrogens (tertiary/aromatic N) is 2. The van der Waals surface area contributed by atoms with E-state index in [2.05, 4.69) is 38.2 Å². The zero-order valence-corrected chi connectivity index (χ0v) is 11.2. The van der Waals surface area contributed by atoms with E-state index in [9.17, 15) is 0 Å². The van der Waals surface area contributed by atoms with E-state index in [0.29, 0.717) is 11.8 Å². The molecule has 2 rings (SSSR count). The molecule has 2 aromatic heterocycles. The third-order valence-corrected chi connectivity index (χ3v) is 2.97. The Morgan fingerprint density at radius 1 is 1.18 bits per heavy atom. The van der Waals surface area contributed by atoms with Crippen LogP contribution in [0, 0.1) is 0 Å². The molecule has 0 unspecified atom stereocenters. The summed E-state index contributed by atoms with van der Waals surface area (Å²) in [6, 6.07) is 4.04. The standard InChI is InChI=1S/C14H20N2O/c1-9(2)13-12-8-11(17-5)6-7-16(12)14(15-13)10(3)4/h6-10H,1-5H3. The van der Waals surface area contributed by atoms with Gasteiger partial charge in [0.15, 0.2) is 0 Å². The van der Waals surface area contributed by atoms with Gasteiger partial charge in [0.25, 0.3) is 0 Å². The molecule has 0 aliphatic rings. The number of ether oxygens (including phenoxy) is 1. The molecular weight excluding hydrogens is 212 g/mol. The number of hydrogen-bond donors (Lipinski definition) is 0. The van der Waals surface area contributed by atoms with Crippen LogP contribution in [0.25, 0.3) is 5.52 Å². The SMILES string of the molecule is COc1ccn2c(C(C)C)nc(C(C)C)c2c1. The van der Waals surface area contributed by atoms with Crippen molar-refractivity contribution in [3.8, 4) is 5.75 Å². The van der Waals surface area contributed by atoms with Gasteiger partial charge in [0.05, 0.1) is 18.3 Å². The number of rotatable bonds is 3. The summed E-state index contributed by atoms with van der Waals surface area (Å²) >= 11 is 0. The Hall–Kier alpha value is -1.51. The summed E-state index contributed by atoms with van der Waals surface area (Å²) < 4.78 is 7.45. The first kappa shape index (κ1) is 12.0. The normalized spacial score (nSPS) is 11.7. The van der Waals surface area contributed by atoms with Gasteiger partial charge in [-0.1, -0.05) is 27.7 Å². The van der Waals surface area contributed by atoms with Gasteiger partial charge in [0, 0.05) is 18.2 Å². The van der Waals surface area contributed by atoms with Crippen molar-refractivity contribution in [3.63, 3.8) is 0 Å². The van der Waals surface area contributed by atoms with Crippen molar-refractivity contribution < 1.29 is 4.74 Å². The molecule has 0 N–H and O–H groups in total. The molecular formula is C14H20N2O. The highest BCUT2D eigenvalue weighted by atomic mass is 16.5. The zero-order valence-electron chi connectivity index (χ0n) is 11.2. The lowest BCUT2D eigenvalue weighted by Crippen LogP contribution is -1.96. The van der Waals surface area contributed by atoms with Crippen LogP contribution in [0.4, 0.5) is 0 Å². The van der Waals surface area contributed by atoms with Crippen LogP contribution >= 0.6 is 0 Å². The number of pyridine rings is 1. The summed E-state index contributed by atoms with van der Waals surface area (Å²) in [6.07, 6.45) is 2.04. The van der Waals surface area contributed by atoms with Crippen LogP contribution in [-0.4, -0.2) is 16.5 Å². The second-order valence-corrected chi connectivity index (χ2v) is 4.99. The maximum Gasteiger partial charge on any atom is 0.122 e. The van der Waals surface area contributed by atoms with E-state index in [0.717, 1.165) is 22.8 Å². The van der Waals surface area contributed by atoms with Crippen molar-refractivity contribution in [3.05, 3.63) is 29.8 Å². The van der Waals surface area contributed by atoms with E-state index in [1.54, 1.807) is 7.11 Å². The average Bonchev–Trinajstić information content (AvgIpc) is 2.67. The van der Waals surface area contributed by atoms with E-state index in [1.807, 2.05) is 12.3 Å². The molecule has 0 saturated heterocycles. The fourth-order valence-electron chi connectivity index (χ4n) is 2.07. The van der Waals surface area contributed by atoms with E-state index < -0.39 is 0 Å². The number of methoxy groups -OCH3 is 1. The molecule has 92 valence electrons. The highest BCUT2D eigenvalue weighted by Gasteiger charge is 2.16. The minimum atomic E-state index is 0.420. The smallest absolute Gasteiger partial charge is 0.122 e. The maximum atomic E-state index is 5.29. The number of fused-ring (bicyclic) bond motifs is 1. The summed E-state index contributed by atoms with van der Waals surface area (Å²) in [6.45, 7) is 8.68. The van der Waals surface area contributed by atoms with Gasteiger partial charge in [-0.2, -0.15) is 0 Å². The molecule has 0 saturated carbocycles. The third kappa shape index (κ3) is 2.02. The summed E-state index contributed by atoms with van der Waals surface area (Å²) in [5.74, 6) is 2.84. The molecule has 0 bridgehead atoms. The van der Waals surface area contributed by atoms with Crippen LogP contribution in [0.2, 0.25) is 0 Å². The fourth-order valence-corrected chi connectivity index (χ4v) is 2.07. The molecule has 0 aliphatic carbocycles. The molecule has 0 fully saturated rings. The summed E-state index contributed by atoms with van der Waals surface area (Å²) in [5, 5.41) is 0. The second-order valence-electron chi connectivity index (χ2n) is 4.99. The summed E-state index contributed by atoms with van der Waals surface area (Å²) in [5.41, 5.74) is 2.30. The van der Waals surface area contributed by atoms with Crippen molar-refractivity contribution in [1.82, 2.24) is 9.38 Å². The van der Waals surface area contributed by atoms with E-state index >= 15 is 0 Å². The third-order valence-electron chi connectivity index (χ3n) is 2.97. The Bertz CT molecular complexity index is 526. The summed E-state index contributed by atoms with van der Waals surface area (Å²) in [7, 11) is 1.70. The monoisotopic (exact) mass is 232 g/mol. The predicted molar refractivity (Wildman–Crippen MR) is 69.9 cm³/mol. The van der Waals surface area contributed by atoms with Crippen LogP contribution in [0.5, 0.6) is 5.75 Å². The van der Waals surface area contributed by atoms with Gasteiger partial charge in [0.2, 0.25) is 0 Å². The fraction of sp³-hybridized carbons (Fsp3) is 0.500. The predicted octanol–water partition coefficient (Wildman–Crippen LogP) is 3.59. The Morgan fingerprint density at radius 3 is 2.41 bits per heavy atom. The molecule has 0 aromatic carbocycles. The lowest BCUT2D eigenvalue weighted by molar-refractivity contribution is 0.414. The van der Waals surface area contributed by atoms with Gasteiger partial charge < -0.3 is 9.14 Å². The zero-order chi connectivity index (χ0) is 12.6. The Kier molecular flexibility index (Phi) is 3.09. The van der Waals surface area contributed by atoms with Crippen LogP contribution in [0.15, 0.2) is 18.3 Å². The Labute approximate surface area is 102 Å². The van der Waals surface area contributed by atoms with Crippen molar-refractivity contribution in [1.29, 1.82) is 0 Å². The van der Waals surface area contributed by atoms with E-state index in [4.69, 9.17) is 9.72 Å². The molecule has 17 heavy (non-hydrogen) atoms. The molecule has 0 amide bonds. The minimum absolute atomic E-state index is 0.420. The average molecular weight is 232 g/mol. The Morgan fingerprint density at radius 2 is 1.88 bits per heavy atom. The second kappa shape index (κ2) is 4.40. The van der Waals surface area contributed by atoms with Gasteiger partial charge >= 0.3 is 0 Å². The van der Waals surface area contributed by atoms with Crippen LogP contribution in [0.1, 0.15) is 51.0 Å². The summed E-state index contributed by atoms with van der Waals surface area (Å²) in [4.78, 5) is 4.77. The first-order valence-electron chi connectivity index (χ1n) is 6.10. The topological polar surface area (TPSA) is 26.5 Å². The number of hydrogen-bond acceptors (Lipinski definition) is 2. The van der Waals surface area contributed by atoms with Gasteiger partial charge in [-0.3, -0.25) is 0 Å². The first-order valence-corrected chi connectivity index (χ1v) is 6.10. The molecule has 2 heterocycles. The van der Waals surface area contributed by atoms with E-state index in [-0.39, 0.29) is 0 Å². The lowest BCUT2D eigenvalue weighted by Gasteiger charge is -2.05. The highest BCUT2D eigenvalue weighted by Crippen LogP contribution is 2.27. The molecule has 3 heteroatoms. The van der Waals surface area contributed by atoms with E-state index in [1.165, 1.54) is 0 Å². The molecule has 2 aromatic rings. The van der Waals surface area contributed by atoms with Gasteiger partial charge in [0.1, 0.15) is 11.6 Å². The van der Waals surface area contributed by atoms with Crippen molar-refractivity contribution >= 4 is 5.52 Å². The van der Waals surface area contributed by atoms with Gasteiger partial charge in [-0.25, -0.2) is 4.98 Å². The van der Waals surface area contributed by atoms with Crippen molar-refractivity contribution in [2.24, 2.45) is 0 Å². The maximum absolute atomic E-state index is 5.29. The van der Waals surface area contributed by atoms with Crippen molar-refractivity contribution in [2.75, 3.05) is 7.11 Å². The largest absolute Gasteiger partial charge is 0.497 e. The molecule has 0 radical (unpaired) electrons. The number of imidazole rings is 1. The number of aromatic nitrogens is 2. The van der Waals surface area contributed by atoms with Crippen LogP contribution in [0.3, 0.4) is 0 Å². The minimum Gasteiger partial charge on any atom is -0.497 e. The quantitative estimate of drug-likeness (QED) is 0.808. The molecule has 0 spiro atoms. The Balaban J connectivity index is 2.72. The highest BCUT2D eigenvalue weighted by molar-refractivity contribution is 5.58.